The molecule has 1 aromatic heterocycles. The smallest absolute Gasteiger partial charge is 0.162 e. The van der Waals surface area contributed by atoms with Crippen LogP contribution in [0.4, 0.5) is 4.39 Å². The topological polar surface area (TPSA) is 61.2 Å². The Morgan fingerprint density at radius 2 is 1.63 bits per heavy atom. The molecule has 5 rings (SSSR count). The first-order chi connectivity index (χ1) is 19.7. The maximum Gasteiger partial charge on any atom is 0.162 e. The molecule has 5 nitrogen and oxygen atoms in total. The number of ether oxygens (including phenoxy) is 1. The number of nitrogens with zero attached hydrogens (tertiary/aromatic N) is 2. The fourth-order valence-corrected chi connectivity index (χ4v) is 5.11. The number of carbonyl (C=O) groups excluding carboxylic acids is 2. The largest absolute Gasteiger partial charge is 0.497 e. The number of methoxy groups -OCH3 is 1. The van der Waals surface area contributed by atoms with Gasteiger partial charge < -0.3 is 9.53 Å². The molecule has 208 valence electrons. The Morgan fingerprint density at radius 1 is 0.902 bits per heavy atom. The monoisotopic (exact) mass is 548 g/mol. The van der Waals surface area contributed by atoms with Gasteiger partial charge in [-0.1, -0.05) is 54.1 Å². The van der Waals surface area contributed by atoms with Crippen LogP contribution >= 0.6 is 0 Å². The van der Waals surface area contributed by atoms with Crippen molar-refractivity contribution < 1.29 is 18.7 Å². The number of benzene rings is 4. The number of ketones is 2. The molecule has 0 aliphatic carbocycles. The van der Waals surface area contributed by atoms with Crippen molar-refractivity contribution in [3.63, 3.8) is 0 Å². The molecule has 4 aromatic carbocycles. The summed E-state index contributed by atoms with van der Waals surface area (Å²) in [5.74, 6) is 0.586. The van der Waals surface area contributed by atoms with Crippen molar-refractivity contribution >= 4 is 22.3 Å². The maximum atomic E-state index is 14.9. The van der Waals surface area contributed by atoms with Gasteiger partial charge in [-0.15, -0.1) is 0 Å². The second-order valence-electron chi connectivity index (χ2n) is 10.5. The molecule has 1 heterocycles. The molecule has 0 spiro atoms. The van der Waals surface area contributed by atoms with Crippen molar-refractivity contribution in [2.24, 2.45) is 0 Å². The highest BCUT2D eigenvalue weighted by Gasteiger charge is 2.20. The van der Waals surface area contributed by atoms with E-state index in [0.29, 0.717) is 36.1 Å². The number of hydrogen-bond acceptors (Lipinski definition) is 4. The molecule has 0 bridgehead atoms. The van der Waals surface area contributed by atoms with E-state index in [1.54, 1.807) is 13.2 Å². The average Bonchev–Trinajstić information content (AvgIpc) is 3.42. The van der Waals surface area contributed by atoms with E-state index in [1.807, 2.05) is 79.2 Å². The Morgan fingerprint density at radius 3 is 2.37 bits per heavy atom. The molecular formula is C35H33FN2O3. The Hall–Kier alpha value is -4.58. The number of aryl methyl sites for hydroxylation is 1. The van der Waals surface area contributed by atoms with E-state index in [4.69, 9.17) is 9.84 Å². The van der Waals surface area contributed by atoms with E-state index in [2.05, 4.69) is 12.1 Å². The third kappa shape index (κ3) is 6.12. The highest BCUT2D eigenvalue weighted by Crippen LogP contribution is 2.34. The minimum atomic E-state index is -0.322. The summed E-state index contributed by atoms with van der Waals surface area (Å²) >= 11 is 0. The van der Waals surface area contributed by atoms with Crippen molar-refractivity contribution in [2.45, 2.75) is 46.1 Å². The fourth-order valence-electron chi connectivity index (χ4n) is 5.11. The number of Topliss-reactive ketones (excluding diaryl/α,β-unsaturated/α-hetero) is 2. The summed E-state index contributed by atoms with van der Waals surface area (Å²) in [6, 6.07) is 26.5. The van der Waals surface area contributed by atoms with Crippen molar-refractivity contribution in [3.8, 4) is 28.3 Å². The minimum absolute atomic E-state index is 0.0234. The lowest BCUT2D eigenvalue weighted by Gasteiger charge is -2.17. The second kappa shape index (κ2) is 11.9. The summed E-state index contributed by atoms with van der Waals surface area (Å²) in [5.41, 5.74) is 5.37. The van der Waals surface area contributed by atoms with Crippen LogP contribution in [0.5, 0.6) is 5.75 Å². The zero-order chi connectivity index (χ0) is 29.1. The van der Waals surface area contributed by atoms with Gasteiger partial charge in [-0.3, -0.25) is 9.48 Å². The summed E-state index contributed by atoms with van der Waals surface area (Å²) in [7, 11) is 1.65. The number of halogens is 1. The lowest BCUT2D eigenvalue weighted by atomic mass is 10.00. The molecule has 0 aliphatic rings. The van der Waals surface area contributed by atoms with Crippen LogP contribution in [0.15, 0.2) is 84.9 Å². The van der Waals surface area contributed by atoms with Crippen LogP contribution in [0.2, 0.25) is 0 Å². The summed E-state index contributed by atoms with van der Waals surface area (Å²) in [6.45, 7) is 5.52. The number of hydrogen-bond donors (Lipinski definition) is 0. The van der Waals surface area contributed by atoms with E-state index >= 15 is 0 Å². The predicted molar refractivity (Wildman–Crippen MR) is 161 cm³/mol. The van der Waals surface area contributed by atoms with Crippen molar-refractivity contribution in [2.75, 3.05) is 7.11 Å². The Labute approximate surface area is 239 Å². The van der Waals surface area contributed by atoms with Crippen molar-refractivity contribution in [3.05, 3.63) is 107 Å². The standard InChI is InChI=1S/C35H33FN2O3/c1-22-8-17-32(36)31(18-22)33-21-34(29-14-13-28-20-30(41-4)16-15-27(28)19-29)38(37-33)24(3)25-9-11-26(12-10-25)35(40)7-5-6-23(2)39/h8-21,24H,5-7H2,1-4H3. The van der Waals surface area contributed by atoms with Gasteiger partial charge in [-0.2, -0.15) is 5.10 Å². The molecule has 41 heavy (non-hydrogen) atoms. The van der Waals surface area contributed by atoms with Gasteiger partial charge in [0.1, 0.15) is 17.3 Å². The molecule has 5 aromatic rings. The van der Waals surface area contributed by atoms with Gasteiger partial charge >= 0.3 is 0 Å². The molecule has 1 unspecified atom stereocenters. The lowest BCUT2D eigenvalue weighted by molar-refractivity contribution is -0.117. The summed E-state index contributed by atoms with van der Waals surface area (Å²) in [4.78, 5) is 23.8. The van der Waals surface area contributed by atoms with Crippen molar-refractivity contribution in [1.82, 2.24) is 9.78 Å². The number of rotatable bonds is 10. The fraction of sp³-hybridized carbons (Fsp3) is 0.229. The maximum absolute atomic E-state index is 14.9. The van der Waals surface area contributed by atoms with Gasteiger partial charge in [-0.05, 0) is 79.9 Å². The minimum Gasteiger partial charge on any atom is -0.497 e. The SMILES string of the molecule is COc1ccc2cc(-c3cc(-c4cc(C)ccc4F)nn3C(C)c3ccc(C(=O)CCCC(C)=O)cc3)ccc2c1. The summed E-state index contributed by atoms with van der Waals surface area (Å²) in [6.07, 6.45) is 1.31. The number of carbonyl (C=O) groups is 2. The van der Waals surface area contributed by atoms with E-state index in [0.717, 1.165) is 38.9 Å². The molecule has 0 saturated heterocycles. The van der Waals surface area contributed by atoms with Crippen LogP contribution in [0, 0.1) is 12.7 Å². The quantitative estimate of drug-likeness (QED) is 0.165. The van der Waals surface area contributed by atoms with Gasteiger partial charge in [0.05, 0.1) is 24.5 Å². The van der Waals surface area contributed by atoms with Crippen LogP contribution < -0.4 is 4.74 Å². The van der Waals surface area contributed by atoms with Gasteiger partial charge in [-0.25, -0.2) is 4.39 Å². The molecule has 0 saturated carbocycles. The first-order valence-corrected chi connectivity index (χ1v) is 13.8. The molecule has 6 heteroatoms. The molecule has 0 N–H and O–H groups in total. The third-order valence-electron chi connectivity index (χ3n) is 7.49. The third-order valence-corrected chi connectivity index (χ3v) is 7.49. The van der Waals surface area contributed by atoms with Crippen molar-refractivity contribution in [1.29, 1.82) is 0 Å². The Bertz CT molecular complexity index is 1740. The van der Waals surface area contributed by atoms with Gasteiger partial charge in [0.15, 0.2) is 5.78 Å². The van der Waals surface area contributed by atoms with E-state index < -0.39 is 0 Å². The van der Waals surface area contributed by atoms with Crippen LogP contribution in [0.1, 0.15) is 60.6 Å². The van der Waals surface area contributed by atoms with Gasteiger partial charge in [0, 0.05) is 29.5 Å². The summed E-state index contributed by atoms with van der Waals surface area (Å²) in [5, 5.41) is 7.03. The highest BCUT2D eigenvalue weighted by molar-refractivity contribution is 5.96. The Balaban J connectivity index is 1.53. The molecule has 0 amide bonds. The van der Waals surface area contributed by atoms with E-state index in [1.165, 1.54) is 13.0 Å². The van der Waals surface area contributed by atoms with Crippen LogP contribution in [-0.4, -0.2) is 28.5 Å². The van der Waals surface area contributed by atoms with E-state index in [9.17, 15) is 14.0 Å². The lowest BCUT2D eigenvalue weighted by Crippen LogP contribution is -2.11. The number of fused-ring (bicyclic) bond motifs is 1. The van der Waals surface area contributed by atoms with Crippen LogP contribution in [-0.2, 0) is 4.79 Å². The molecule has 0 aliphatic heterocycles. The summed E-state index contributed by atoms with van der Waals surface area (Å²) < 4.78 is 22.2. The van der Waals surface area contributed by atoms with Crippen LogP contribution in [0.3, 0.4) is 0 Å². The van der Waals surface area contributed by atoms with Gasteiger partial charge in [0.25, 0.3) is 0 Å². The Kier molecular flexibility index (Phi) is 8.11. The van der Waals surface area contributed by atoms with Crippen LogP contribution in [0.25, 0.3) is 33.3 Å². The van der Waals surface area contributed by atoms with Gasteiger partial charge in [0.2, 0.25) is 0 Å². The zero-order valence-electron chi connectivity index (χ0n) is 23.8. The normalized spacial score (nSPS) is 11.9. The molecule has 0 fully saturated rings. The molecular weight excluding hydrogens is 515 g/mol. The number of aromatic nitrogens is 2. The van der Waals surface area contributed by atoms with E-state index in [-0.39, 0.29) is 23.4 Å². The second-order valence-corrected chi connectivity index (χ2v) is 10.5. The first kappa shape index (κ1) is 28.0. The molecule has 0 radical (unpaired) electrons. The predicted octanol–water partition coefficient (Wildman–Crippen LogP) is 8.38. The highest BCUT2D eigenvalue weighted by atomic mass is 19.1. The average molecular weight is 549 g/mol. The zero-order valence-corrected chi connectivity index (χ0v) is 23.8. The first-order valence-electron chi connectivity index (χ1n) is 13.8. The molecule has 1 atom stereocenters.